The lowest BCUT2D eigenvalue weighted by Crippen LogP contribution is -2.51. The molecule has 1 unspecified atom stereocenters. The van der Waals surface area contributed by atoms with Gasteiger partial charge in [-0.05, 0) is 49.2 Å². The summed E-state index contributed by atoms with van der Waals surface area (Å²) >= 11 is 0. The van der Waals surface area contributed by atoms with E-state index >= 15 is 0 Å². The van der Waals surface area contributed by atoms with E-state index in [1.54, 1.807) is 56.3 Å². The second-order valence-electron chi connectivity index (χ2n) is 7.49. The van der Waals surface area contributed by atoms with Crippen LogP contribution in [0.4, 0.5) is 21.0 Å². The van der Waals surface area contributed by atoms with Crippen LogP contribution in [0.3, 0.4) is 0 Å². The van der Waals surface area contributed by atoms with Crippen LogP contribution in [-0.4, -0.2) is 59.9 Å². The third kappa shape index (κ3) is 4.34. The lowest BCUT2D eigenvalue weighted by Gasteiger charge is -2.38. The van der Waals surface area contributed by atoms with Crippen LogP contribution in [0.1, 0.15) is 24.2 Å². The highest BCUT2D eigenvalue weighted by atomic mass is 16.4. The highest BCUT2D eigenvalue weighted by Crippen LogP contribution is 2.38. The van der Waals surface area contributed by atoms with Crippen molar-refractivity contribution in [3.63, 3.8) is 0 Å². The van der Waals surface area contributed by atoms with Crippen LogP contribution in [-0.2, 0) is 4.79 Å². The predicted octanol–water partition coefficient (Wildman–Crippen LogP) is 2.59. The lowest BCUT2D eigenvalue weighted by atomic mass is 10.00. The minimum atomic E-state index is -1.17. The third-order valence-corrected chi connectivity index (χ3v) is 5.32. The number of carboxylic acid groups (broad SMARTS) is 2. The Kier molecular flexibility index (Phi) is 6.33. The molecule has 0 fully saturated rings. The molecule has 4 amide bonds. The number of carbonyl (C=O) groups is 4. The number of likely N-dealkylation sites (N-methyl/N-ethyl adjacent to an activating group) is 1. The molecule has 0 spiro atoms. The molecule has 1 heterocycles. The molecule has 0 radical (unpaired) electrons. The topological polar surface area (TPSA) is 139 Å². The highest BCUT2D eigenvalue weighted by Gasteiger charge is 2.35. The van der Waals surface area contributed by atoms with Gasteiger partial charge in [-0.25, -0.2) is 9.59 Å². The Balaban J connectivity index is 1.90. The number of carbonyl (C=O) groups excluding carboxylic acids is 2. The molecule has 2 atom stereocenters. The fourth-order valence-electron chi connectivity index (χ4n) is 3.65. The van der Waals surface area contributed by atoms with Crippen molar-refractivity contribution in [2.75, 3.05) is 23.4 Å². The number of hydrogen-bond acceptors (Lipinski definition) is 4. The van der Waals surface area contributed by atoms with E-state index in [0.717, 1.165) is 15.4 Å². The fourth-order valence-corrected chi connectivity index (χ4v) is 3.65. The number of nitrogens with zero attached hydrogens (tertiary/aromatic N) is 2. The van der Waals surface area contributed by atoms with Crippen molar-refractivity contribution in [1.29, 1.82) is 0 Å². The molecule has 2 aromatic rings. The smallest absolute Gasteiger partial charge is 0.412 e. The molecule has 0 aromatic heterocycles. The van der Waals surface area contributed by atoms with E-state index in [2.05, 4.69) is 10.6 Å². The Morgan fingerprint density at radius 2 is 1.59 bits per heavy atom. The van der Waals surface area contributed by atoms with E-state index in [9.17, 15) is 29.4 Å². The number of fused-ring (bicyclic) bond motifs is 1. The first kappa shape index (κ1) is 22.6. The van der Waals surface area contributed by atoms with E-state index in [1.165, 1.54) is 7.05 Å². The molecular formula is C22H24N4O6. The van der Waals surface area contributed by atoms with Gasteiger partial charge in [0.15, 0.2) is 0 Å². The van der Waals surface area contributed by atoms with Crippen molar-refractivity contribution < 1.29 is 29.4 Å². The van der Waals surface area contributed by atoms with Crippen LogP contribution >= 0.6 is 0 Å². The van der Waals surface area contributed by atoms with Gasteiger partial charge in [0.25, 0.3) is 5.91 Å². The van der Waals surface area contributed by atoms with E-state index < -0.39 is 30.2 Å². The van der Waals surface area contributed by atoms with Crippen LogP contribution in [0.2, 0.25) is 0 Å². The first-order chi connectivity index (χ1) is 15.1. The molecule has 0 saturated heterocycles. The van der Waals surface area contributed by atoms with Gasteiger partial charge >= 0.3 is 12.2 Å². The summed E-state index contributed by atoms with van der Waals surface area (Å²) in [6, 6.07) is 10.3. The van der Waals surface area contributed by atoms with Gasteiger partial charge in [0.2, 0.25) is 5.91 Å². The molecule has 32 heavy (non-hydrogen) atoms. The summed E-state index contributed by atoms with van der Waals surface area (Å²) in [6.07, 6.45) is -2.32. The van der Waals surface area contributed by atoms with Gasteiger partial charge in [-0.2, -0.15) is 0 Å². The molecule has 10 nitrogen and oxygen atoms in total. The fraction of sp³-hybridized carbons (Fsp3) is 0.273. The van der Waals surface area contributed by atoms with Crippen molar-refractivity contribution in [2.45, 2.75) is 25.9 Å². The summed E-state index contributed by atoms with van der Waals surface area (Å²) in [4.78, 5) is 49.7. The summed E-state index contributed by atoms with van der Waals surface area (Å²) in [6.45, 7) is 3.24. The van der Waals surface area contributed by atoms with Crippen LogP contribution < -0.4 is 20.4 Å². The standard InChI is InChI=1S/C22H24N4O6/c1-12-11-25(21(29)30)18-10-16(8-9-17(18)26(12)22(31)32)14-4-6-15(7-5-14)20(28)24-13(2)19(27)23-3/h4-10,12-13H,11H2,1-3H3,(H,23,27)(H,24,28)(H,29,30)(H,31,32)/t12-,13?/m0/s1. The Morgan fingerprint density at radius 3 is 2.16 bits per heavy atom. The molecule has 1 aliphatic heterocycles. The predicted molar refractivity (Wildman–Crippen MR) is 118 cm³/mol. The van der Waals surface area contributed by atoms with Crippen molar-refractivity contribution in [3.8, 4) is 11.1 Å². The van der Waals surface area contributed by atoms with Gasteiger partial charge in [0.1, 0.15) is 6.04 Å². The van der Waals surface area contributed by atoms with Crippen molar-refractivity contribution in [1.82, 2.24) is 10.6 Å². The molecule has 0 bridgehead atoms. The molecule has 168 valence electrons. The summed E-state index contributed by atoms with van der Waals surface area (Å²) in [5, 5.41) is 24.2. The van der Waals surface area contributed by atoms with E-state index in [-0.39, 0.29) is 18.1 Å². The summed E-state index contributed by atoms with van der Waals surface area (Å²) in [7, 11) is 1.49. The molecule has 10 heteroatoms. The number of hydrogen-bond donors (Lipinski definition) is 4. The maximum Gasteiger partial charge on any atom is 0.412 e. The zero-order valence-electron chi connectivity index (χ0n) is 17.8. The first-order valence-corrected chi connectivity index (χ1v) is 9.93. The Hall–Kier alpha value is -4.08. The molecule has 1 aliphatic rings. The van der Waals surface area contributed by atoms with Crippen LogP contribution in [0.5, 0.6) is 0 Å². The maximum absolute atomic E-state index is 12.3. The number of benzene rings is 2. The first-order valence-electron chi connectivity index (χ1n) is 9.93. The molecule has 2 aromatic carbocycles. The second-order valence-corrected chi connectivity index (χ2v) is 7.49. The maximum atomic E-state index is 12.3. The number of nitrogens with one attached hydrogen (secondary N) is 2. The Morgan fingerprint density at radius 1 is 0.969 bits per heavy atom. The second kappa shape index (κ2) is 8.96. The monoisotopic (exact) mass is 440 g/mol. The Labute approximate surface area is 184 Å². The molecule has 0 aliphatic carbocycles. The van der Waals surface area contributed by atoms with Crippen LogP contribution in [0, 0.1) is 0 Å². The van der Waals surface area contributed by atoms with Crippen molar-refractivity contribution in [3.05, 3.63) is 48.0 Å². The molecule has 4 N–H and O–H groups in total. The van der Waals surface area contributed by atoms with E-state index in [4.69, 9.17) is 0 Å². The summed E-state index contributed by atoms with van der Waals surface area (Å²) in [5.74, 6) is -0.710. The Bertz CT molecular complexity index is 1070. The van der Waals surface area contributed by atoms with Gasteiger partial charge in [-0.1, -0.05) is 18.2 Å². The normalized spacial score (nSPS) is 16.0. The number of anilines is 2. The van der Waals surface area contributed by atoms with Gasteiger partial charge in [0, 0.05) is 12.6 Å². The minimum absolute atomic E-state index is 0.0146. The molecule has 0 saturated carbocycles. The number of rotatable bonds is 4. The quantitative estimate of drug-likeness (QED) is 0.576. The van der Waals surface area contributed by atoms with E-state index in [1.807, 2.05) is 0 Å². The average molecular weight is 440 g/mol. The average Bonchev–Trinajstić information content (AvgIpc) is 2.77. The summed E-state index contributed by atoms with van der Waals surface area (Å²) in [5.41, 5.74) is 2.31. The van der Waals surface area contributed by atoms with Gasteiger partial charge < -0.3 is 20.8 Å². The highest BCUT2D eigenvalue weighted by molar-refractivity contribution is 6.01. The largest absolute Gasteiger partial charge is 0.465 e. The van der Waals surface area contributed by atoms with Crippen LogP contribution in [0.25, 0.3) is 11.1 Å². The molecular weight excluding hydrogens is 416 g/mol. The van der Waals surface area contributed by atoms with Gasteiger partial charge in [-0.15, -0.1) is 0 Å². The van der Waals surface area contributed by atoms with Crippen LogP contribution in [0.15, 0.2) is 42.5 Å². The van der Waals surface area contributed by atoms with E-state index in [0.29, 0.717) is 16.8 Å². The van der Waals surface area contributed by atoms with Gasteiger partial charge in [-0.3, -0.25) is 19.4 Å². The SMILES string of the molecule is CNC(=O)C(C)NC(=O)c1ccc(-c2ccc3c(c2)N(C(=O)O)C[C@H](C)N3C(=O)O)cc1. The third-order valence-electron chi connectivity index (χ3n) is 5.32. The molecule has 3 rings (SSSR count). The lowest BCUT2D eigenvalue weighted by molar-refractivity contribution is -0.122. The minimum Gasteiger partial charge on any atom is -0.465 e. The zero-order valence-corrected chi connectivity index (χ0v) is 17.8. The number of amides is 4. The van der Waals surface area contributed by atoms with Crippen molar-refractivity contribution in [2.24, 2.45) is 0 Å². The zero-order chi connectivity index (χ0) is 23.6. The van der Waals surface area contributed by atoms with Gasteiger partial charge in [0.05, 0.1) is 24.0 Å². The summed E-state index contributed by atoms with van der Waals surface area (Å²) < 4.78 is 0. The van der Waals surface area contributed by atoms with Crippen molar-refractivity contribution >= 4 is 35.4 Å².